The van der Waals surface area contributed by atoms with Gasteiger partial charge >= 0.3 is 11.9 Å². The fraction of sp³-hybridized carbons (Fsp3) is 0.103. The molecule has 1 aliphatic heterocycles. The predicted octanol–water partition coefficient (Wildman–Crippen LogP) is 3.82. The molecule has 0 aromatic heterocycles. The SMILES string of the molecule is COC(=O)C1=C(C(=O)OC)N(c2cccc(C(=O)c3ccccc3)c2)C(N)=C(C#N)C1c1ccccc1. The molecule has 0 bridgehead atoms. The molecule has 8 heteroatoms. The van der Waals surface area contributed by atoms with Gasteiger partial charge < -0.3 is 15.2 Å². The quantitative estimate of drug-likeness (QED) is 0.406. The van der Waals surface area contributed by atoms with Crippen molar-refractivity contribution in [1.29, 1.82) is 5.26 Å². The Balaban J connectivity index is 1.98. The van der Waals surface area contributed by atoms with E-state index in [1.54, 1.807) is 78.9 Å². The highest BCUT2D eigenvalue weighted by atomic mass is 16.5. The van der Waals surface area contributed by atoms with E-state index in [2.05, 4.69) is 6.07 Å². The van der Waals surface area contributed by atoms with Crippen LogP contribution < -0.4 is 10.6 Å². The molecule has 1 aliphatic rings. The summed E-state index contributed by atoms with van der Waals surface area (Å²) < 4.78 is 10.1. The maximum absolute atomic E-state index is 13.2. The first-order valence-electron chi connectivity index (χ1n) is 11.3. The number of ether oxygens (including phenoxy) is 2. The van der Waals surface area contributed by atoms with Crippen LogP contribution in [-0.2, 0) is 19.1 Å². The molecule has 0 radical (unpaired) electrons. The predicted molar refractivity (Wildman–Crippen MR) is 136 cm³/mol. The molecular formula is C29H23N3O5. The molecule has 3 aromatic rings. The van der Waals surface area contributed by atoms with E-state index in [1.807, 2.05) is 0 Å². The maximum Gasteiger partial charge on any atom is 0.355 e. The Morgan fingerprint density at radius 1 is 0.838 bits per heavy atom. The van der Waals surface area contributed by atoms with Crippen molar-refractivity contribution < 1.29 is 23.9 Å². The van der Waals surface area contributed by atoms with Gasteiger partial charge in [-0.05, 0) is 17.7 Å². The molecule has 0 spiro atoms. The second-order valence-electron chi connectivity index (χ2n) is 8.08. The van der Waals surface area contributed by atoms with Crippen LogP contribution in [0.1, 0.15) is 27.4 Å². The first-order valence-corrected chi connectivity index (χ1v) is 11.3. The van der Waals surface area contributed by atoms with Crippen molar-refractivity contribution in [3.8, 4) is 6.07 Å². The van der Waals surface area contributed by atoms with E-state index >= 15 is 0 Å². The number of methoxy groups -OCH3 is 2. The molecule has 1 heterocycles. The number of hydrogen-bond donors (Lipinski definition) is 1. The number of nitriles is 1. The molecule has 0 saturated heterocycles. The van der Waals surface area contributed by atoms with Crippen molar-refractivity contribution in [2.45, 2.75) is 5.92 Å². The second kappa shape index (κ2) is 10.6. The largest absolute Gasteiger partial charge is 0.466 e. The van der Waals surface area contributed by atoms with Crippen molar-refractivity contribution in [1.82, 2.24) is 0 Å². The van der Waals surface area contributed by atoms with Gasteiger partial charge in [-0.1, -0.05) is 72.8 Å². The summed E-state index contributed by atoms with van der Waals surface area (Å²) in [6.45, 7) is 0. The van der Waals surface area contributed by atoms with E-state index in [1.165, 1.54) is 25.2 Å². The van der Waals surface area contributed by atoms with Gasteiger partial charge in [-0.3, -0.25) is 9.69 Å². The molecule has 2 N–H and O–H groups in total. The lowest BCUT2D eigenvalue weighted by Crippen LogP contribution is -2.40. The molecule has 1 atom stereocenters. The third-order valence-electron chi connectivity index (χ3n) is 6.01. The zero-order chi connectivity index (χ0) is 26.5. The average Bonchev–Trinajstić information content (AvgIpc) is 2.96. The normalized spacial score (nSPS) is 15.2. The van der Waals surface area contributed by atoms with Crippen LogP contribution in [0.25, 0.3) is 0 Å². The maximum atomic E-state index is 13.2. The number of benzene rings is 3. The molecule has 0 fully saturated rings. The lowest BCUT2D eigenvalue weighted by Gasteiger charge is -2.36. The smallest absolute Gasteiger partial charge is 0.355 e. The molecular weight excluding hydrogens is 470 g/mol. The van der Waals surface area contributed by atoms with Crippen molar-refractivity contribution in [3.63, 3.8) is 0 Å². The lowest BCUT2D eigenvalue weighted by molar-refractivity contribution is -0.139. The Labute approximate surface area is 213 Å². The minimum absolute atomic E-state index is 0.0408. The average molecular weight is 494 g/mol. The summed E-state index contributed by atoms with van der Waals surface area (Å²) in [5.74, 6) is -2.98. The topological polar surface area (TPSA) is 123 Å². The Hall–Kier alpha value is -5.16. The standard InChI is InChI=1S/C29H23N3O5/c1-36-28(34)24-23(18-10-5-3-6-11-18)22(17-30)27(31)32(25(24)29(35)37-2)21-15-9-14-20(16-21)26(33)19-12-7-4-8-13-19/h3-16,23H,31H2,1-2H3. The zero-order valence-electron chi connectivity index (χ0n) is 20.2. The number of anilines is 1. The minimum Gasteiger partial charge on any atom is -0.466 e. The molecule has 37 heavy (non-hydrogen) atoms. The van der Waals surface area contributed by atoms with Gasteiger partial charge in [-0.25, -0.2) is 9.59 Å². The number of allylic oxidation sites excluding steroid dienone is 1. The molecule has 0 amide bonds. The Morgan fingerprint density at radius 3 is 2.03 bits per heavy atom. The van der Waals surface area contributed by atoms with Crippen LogP contribution in [0.2, 0.25) is 0 Å². The van der Waals surface area contributed by atoms with Crippen molar-refractivity contribution in [2.24, 2.45) is 5.73 Å². The lowest BCUT2D eigenvalue weighted by atomic mass is 9.81. The number of esters is 2. The van der Waals surface area contributed by atoms with Crippen LogP contribution in [0, 0.1) is 11.3 Å². The fourth-order valence-electron chi connectivity index (χ4n) is 4.32. The first-order chi connectivity index (χ1) is 17.9. The summed E-state index contributed by atoms with van der Waals surface area (Å²) in [5.41, 5.74) is 7.91. The highest BCUT2D eigenvalue weighted by Gasteiger charge is 2.43. The third-order valence-corrected chi connectivity index (χ3v) is 6.01. The van der Waals surface area contributed by atoms with Gasteiger partial charge in [0, 0.05) is 16.8 Å². The van der Waals surface area contributed by atoms with Gasteiger partial charge in [0.1, 0.15) is 11.5 Å². The summed E-state index contributed by atoms with van der Waals surface area (Å²) in [5, 5.41) is 10.1. The summed E-state index contributed by atoms with van der Waals surface area (Å²) in [7, 11) is 2.36. The number of rotatable bonds is 6. The van der Waals surface area contributed by atoms with Gasteiger partial charge in [0.15, 0.2) is 5.78 Å². The van der Waals surface area contributed by atoms with Crippen molar-refractivity contribution in [2.75, 3.05) is 19.1 Å². The van der Waals surface area contributed by atoms with E-state index in [-0.39, 0.29) is 28.4 Å². The Bertz CT molecular complexity index is 1470. The van der Waals surface area contributed by atoms with Crippen LogP contribution in [0.3, 0.4) is 0 Å². The Morgan fingerprint density at radius 2 is 1.43 bits per heavy atom. The van der Waals surface area contributed by atoms with Gasteiger partial charge in [-0.15, -0.1) is 0 Å². The fourth-order valence-corrected chi connectivity index (χ4v) is 4.32. The van der Waals surface area contributed by atoms with Crippen LogP contribution in [0.5, 0.6) is 0 Å². The molecule has 0 saturated carbocycles. The van der Waals surface area contributed by atoms with Crippen LogP contribution in [-0.4, -0.2) is 31.9 Å². The van der Waals surface area contributed by atoms with Crippen molar-refractivity contribution >= 4 is 23.4 Å². The van der Waals surface area contributed by atoms with E-state index in [9.17, 15) is 19.6 Å². The minimum atomic E-state index is -0.974. The highest BCUT2D eigenvalue weighted by Crippen LogP contribution is 2.43. The van der Waals surface area contributed by atoms with Gasteiger partial charge in [-0.2, -0.15) is 5.26 Å². The number of hydrogen-bond acceptors (Lipinski definition) is 8. The van der Waals surface area contributed by atoms with E-state index < -0.39 is 17.9 Å². The number of nitrogens with two attached hydrogens (primary N) is 1. The van der Waals surface area contributed by atoms with E-state index in [4.69, 9.17) is 15.2 Å². The van der Waals surface area contributed by atoms with Gasteiger partial charge in [0.05, 0.1) is 37.4 Å². The van der Waals surface area contributed by atoms with Crippen LogP contribution >= 0.6 is 0 Å². The first kappa shape index (κ1) is 24.9. The number of ketones is 1. The van der Waals surface area contributed by atoms with Crippen LogP contribution in [0.15, 0.2) is 108 Å². The molecule has 4 rings (SSSR count). The summed E-state index contributed by atoms with van der Waals surface area (Å²) in [6, 6.07) is 25.9. The summed E-state index contributed by atoms with van der Waals surface area (Å²) >= 11 is 0. The van der Waals surface area contributed by atoms with Crippen molar-refractivity contribution in [3.05, 3.63) is 124 Å². The van der Waals surface area contributed by atoms with E-state index in [0.29, 0.717) is 22.4 Å². The summed E-state index contributed by atoms with van der Waals surface area (Å²) in [4.78, 5) is 40.7. The van der Waals surface area contributed by atoms with Gasteiger partial charge in [0.25, 0.3) is 0 Å². The Kier molecular flexibility index (Phi) is 7.16. The number of carbonyl (C=O) groups is 3. The molecule has 184 valence electrons. The molecule has 1 unspecified atom stereocenters. The molecule has 3 aromatic carbocycles. The highest BCUT2D eigenvalue weighted by molar-refractivity contribution is 6.10. The second-order valence-corrected chi connectivity index (χ2v) is 8.08. The van der Waals surface area contributed by atoms with Crippen LogP contribution in [0.4, 0.5) is 5.69 Å². The molecule has 8 nitrogen and oxygen atoms in total. The monoisotopic (exact) mass is 493 g/mol. The zero-order valence-corrected chi connectivity index (χ0v) is 20.2. The molecule has 0 aliphatic carbocycles. The van der Waals surface area contributed by atoms with E-state index in [0.717, 1.165) is 0 Å². The summed E-state index contributed by atoms with van der Waals surface area (Å²) in [6.07, 6.45) is 0. The third kappa shape index (κ3) is 4.58. The van der Waals surface area contributed by atoms with Gasteiger partial charge in [0.2, 0.25) is 0 Å². The number of nitrogens with zero attached hydrogens (tertiary/aromatic N) is 2. The number of carbonyl (C=O) groups excluding carboxylic acids is 3.